The monoisotopic (exact) mass is 245 g/mol. The fraction of sp³-hybridized carbons (Fsp3) is 0.500. The summed E-state index contributed by atoms with van der Waals surface area (Å²) in [7, 11) is 0. The Balaban J connectivity index is 2.53. The maximum absolute atomic E-state index is 6.00. The fourth-order valence-corrected chi connectivity index (χ4v) is 1.86. The van der Waals surface area contributed by atoms with Crippen LogP contribution in [0.1, 0.15) is 31.7 Å². The van der Waals surface area contributed by atoms with E-state index in [9.17, 15) is 0 Å². The third-order valence-corrected chi connectivity index (χ3v) is 3.15. The molecular weight excluding hydrogens is 229 g/mol. The first-order valence-electron chi connectivity index (χ1n) is 5.33. The van der Waals surface area contributed by atoms with E-state index in [-0.39, 0.29) is 6.04 Å². The van der Waals surface area contributed by atoms with Gasteiger partial charge >= 0.3 is 0 Å². The summed E-state index contributed by atoms with van der Waals surface area (Å²) in [5.41, 5.74) is 7.16. The molecule has 1 rings (SSSR count). The van der Waals surface area contributed by atoms with Crippen molar-refractivity contribution in [3.63, 3.8) is 0 Å². The molecule has 1 unspecified atom stereocenters. The first-order chi connectivity index (χ1) is 7.13. The molecule has 0 radical (unpaired) electrons. The summed E-state index contributed by atoms with van der Waals surface area (Å²) < 4.78 is 0. The van der Waals surface area contributed by atoms with Crippen molar-refractivity contribution in [2.45, 2.75) is 38.6 Å². The molecule has 0 heterocycles. The van der Waals surface area contributed by atoms with Crippen molar-refractivity contribution in [2.24, 2.45) is 5.73 Å². The van der Waals surface area contributed by atoms with Gasteiger partial charge in [0, 0.05) is 6.04 Å². The van der Waals surface area contributed by atoms with Gasteiger partial charge in [-0.2, -0.15) is 0 Å². The summed E-state index contributed by atoms with van der Waals surface area (Å²) >= 11 is 11.8. The highest BCUT2D eigenvalue weighted by Gasteiger charge is 2.05. The van der Waals surface area contributed by atoms with Crippen LogP contribution in [0.2, 0.25) is 10.0 Å². The maximum atomic E-state index is 6.00. The normalized spacial score (nSPS) is 12.8. The van der Waals surface area contributed by atoms with Crippen molar-refractivity contribution in [1.29, 1.82) is 0 Å². The van der Waals surface area contributed by atoms with Crippen molar-refractivity contribution in [2.75, 3.05) is 0 Å². The first kappa shape index (κ1) is 12.8. The average molecular weight is 246 g/mol. The zero-order valence-electron chi connectivity index (χ0n) is 8.97. The number of hydrogen-bond donors (Lipinski definition) is 1. The summed E-state index contributed by atoms with van der Waals surface area (Å²) in [6.07, 6.45) is 4.31. The lowest BCUT2D eigenvalue weighted by atomic mass is 10.0. The van der Waals surface area contributed by atoms with E-state index in [1.54, 1.807) is 0 Å². The van der Waals surface area contributed by atoms with E-state index in [0.717, 1.165) is 18.4 Å². The topological polar surface area (TPSA) is 26.0 Å². The highest BCUT2D eigenvalue weighted by atomic mass is 35.5. The lowest BCUT2D eigenvalue weighted by molar-refractivity contribution is 0.574. The van der Waals surface area contributed by atoms with Gasteiger partial charge in [0.15, 0.2) is 0 Å². The second-order valence-corrected chi connectivity index (χ2v) is 4.67. The van der Waals surface area contributed by atoms with Crippen LogP contribution < -0.4 is 5.73 Å². The quantitative estimate of drug-likeness (QED) is 0.833. The van der Waals surface area contributed by atoms with Crippen molar-refractivity contribution in [3.05, 3.63) is 33.8 Å². The first-order valence-corrected chi connectivity index (χ1v) is 6.08. The molecule has 2 N–H and O–H groups in total. The van der Waals surface area contributed by atoms with Crippen LogP contribution in [-0.4, -0.2) is 6.04 Å². The SMILES string of the molecule is CCCCC(N)Cc1ccc(Cl)c(Cl)c1. The van der Waals surface area contributed by atoms with Crippen molar-refractivity contribution in [3.8, 4) is 0 Å². The van der Waals surface area contributed by atoms with Crippen molar-refractivity contribution in [1.82, 2.24) is 0 Å². The zero-order chi connectivity index (χ0) is 11.3. The van der Waals surface area contributed by atoms with E-state index in [2.05, 4.69) is 6.92 Å². The van der Waals surface area contributed by atoms with E-state index in [1.807, 2.05) is 18.2 Å². The molecule has 15 heavy (non-hydrogen) atoms. The third kappa shape index (κ3) is 4.42. The Bertz CT molecular complexity index is 312. The number of benzene rings is 1. The van der Waals surface area contributed by atoms with E-state index in [4.69, 9.17) is 28.9 Å². The van der Waals surface area contributed by atoms with Gasteiger partial charge in [-0.25, -0.2) is 0 Å². The highest BCUT2D eigenvalue weighted by molar-refractivity contribution is 6.42. The lowest BCUT2D eigenvalue weighted by Crippen LogP contribution is -2.22. The molecule has 0 aromatic heterocycles. The molecule has 0 fully saturated rings. The largest absolute Gasteiger partial charge is 0.327 e. The Hall–Kier alpha value is -0.240. The molecule has 0 saturated carbocycles. The molecular formula is C12H17Cl2N. The number of halogens is 2. The van der Waals surface area contributed by atoms with Gasteiger partial charge in [-0.1, -0.05) is 49.0 Å². The number of hydrogen-bond acceptors (Lipinski definition) is 1. The minimum absolute atomic E-state index is 0.224. The predicted octanol–water partition coefficient (Wildman–Crippen LogP) is 4.05. The molecule has 1 nitrogen and oxygen atoms in total. The van der Waals surface area contributed by atoms with Gasteiger partial charge in [0.2, 0.25) is 0 Å². The Morgan fingerprint density at radius 1 is 1.27 bits per heavy atom. The summed E-state index contributed by atoms with van der Waals surface area (Å²) in [4.78, 5) is 0. The molecule has 1 aromatic carbocycles. The summed E-state index contributed by atoms with van der Waals surface area (Å²) in [5.74, 6) is 0. The van der Waals surface area contributed by atoms with Crippen LogP contribution in [0.15, 0.2) is 18.2 Å². The minimum Gasteiger partial charge on any atom is -0.327 e. The molecule has 0 aliphatic heterocycles. The minimum atomic E-state index is 0.224. The predicted molar refractivity (Wildman–Crippen MR) is 67.7 cm³/mol. The van der Waals surface area contributed by atoms with E-state index in [0.29, 0.717) is 10.0 Å². The second-order valence-electron chi connectivity index (χ2n) is 3.85. The standard InChI is InChI=1S/C12H17Cl2N/c1-2-3-4-10(15)7-9-5-6-11(13)12(14)8-9/h5-6,8,10H,2-4,7,15H2,1H3. The van der Waals surface area contributed by atoms with Gasteiger partial charge in [0.05, 0.1) is 10.0 Å². The van der Waals surface area contributed by atoms with Crippen LogP contribution in [0.4, 0.5) is 0 Å². The molecule has 1 atom stereocenters. The lowest BCUT2D eigenvalue weighted by Gasteiger charge is -2.11. The van der Waals surface area contributed by atoms with Gasteiger partial charge in [-0.3, -0.25) is 0 Å². The molecule has 1 aromatic rings. The Morgan fingerprint density at radius 3 is 2.60 bits per heavy atom. The molecule has 3 heteroatoms. The van der Waals surface area contributed by atoms with Crippen LogP contribution >= 0.6 is 23.2 Å². The zero-order valence-corrected chi connectivity index (χ0v) is 10.5. The molecule has 0 aliphatic rings. The second kappa shape index (κ2) is 6.37. The number of rotatable bonds is 5. The third-order valence-electron chi connectivity index (χ3n) is 2.41. The van der Waals surface area contributed by atoms with Crippen molar-refractivity contribution < 1.29 is 0 Å². The number of nitrogens with two attached hydrogens (primary N) is 1. The van der Waals surface area contributed by atoms with Crippen LogP contribution in [0.25, 0.3) is 0 Å². The van der Waals surface area contributed by atoms with Gasteiger partial charge in [-0.05, 0) is 30.5 Å². The van der Waals surface area contributed by atoms with Crippen LogP contribution in [0, 0.1) is 0 Å². The van der Waals surface area contributed by atoms with Crippen LogP contribution in [0.3, 0.4) is 0 Å². The molecule has 0 saturated heterocycles. The van der Waals surface area contributed by atoms with Crippen LogP contribution in [-0.2, 0) is 6.42 Å². The van der Waals surface area contributed by atoms with E-state index in [1.165, 1.54) is 12.8 Å². The smallest absolute Gasteiger partial charge is 0.0595 e. The van der Waals surface area contributed by atoms with Gasteiger partial charge in [0.25, 0.3) is 0 Å². The Kier molecular flexibility index (Phi) is 5.44. The van der Waals surface area contributed by atoms with E-state index < -0.39 is 0 Å². The summed E-state index contributed by atoms with van der Waals surface area (Å²) in [6.45, 7) is 2.17. The molecule has 0 bridgehead atoms. The molecule has 0 spiro atoms. The average Bonchev–Trinajstić information content (AvgIpc) is 2.20. The Morgan fingerprint density at radius 2 is 2.00 bits per heavy atom. The van der Waals surface area contributed by atoms with E-state index >= 15 is 0 Å². The number of unbranched alkanes of at least 4 members (excludes halogenated alkanes) is 1. The Labute approximate surface area is 102 Å². The summed E-state index contributed by atoms with van der Waals surface area (Å²) in [6, 6.07) is 5.93. The van der Waals surface area contributed by atoms with Gasteiger partial charge in [0.1, 0.15) is 0 Å². The van der Waals surface area contributed by atoms with Gasteiger partial charge < -0.3 is 5.73 Å². The van der Waals surface area contributed by atoms with Gasteiger partial charge in [-0.15, -0.1) is 0 Å². The van der Waals surface area contributed by atoms with Crippen molar-refractivity contribution >= 4 is 23.2 Å². The molecule has 0 aliphatic carbocycles. The fourth-order valence-electron chi connectivity index (χ4n) is 1.54. The van der Waals surface area contributed by atoms with Crippen LogP contribution in [0.5, 0.6) is 0 Å². The maximum Gasteiger partial charge on any atom is 0.0595 e. The summed E-state index contributed by atoms with van der Waals surface area (Å²) in [5, 5.41) is 1.21. The molecule has 84 valence electrons. The molecule has 0 amide bonds. The highest BCUT2D eigenvalue weighted by Crippen LogP contribution is 2.23.